The average Bonchev–Trinajstić information content (AvgIpc) is 3.22. The van der Waals surface area contributed by atoms with Crippen molar-refractivity contribution in [1.29, 1.82) is 0 Å². The van der Waals surface area contributed by atoms with Crippen molar-refractivity contribution in [3.8, 4) is 17.0 Å². The summed E-state index contributed by atoms with van der Waals surface area (Å²) in [6, 6.07) is 12.0. The van der Waals surface area contributed by atoms with Crippen molar-refractivity contribution >= 4 is 5.91 Å². The molecule has 1 saturated heterocycles. The first-order valence-corrected chi connectivity index (χ1v) is 10.1. The molecular formula is C23H24N4O2. The van der Waals surface area contributed by atoms with Crippen LogP contribution in [0.15, 0.2) is 55.0 Å². The maximum absolute atomic E-state index is 12.8. The number of benzene rings is 1. The first kappa shape index (κ1) is 17.9. The van der Waals surface area contributed by atoms with Gasteiger partial charge in [0.25, 0.3) is 5.91 Å². The number of hydrogen-bond donors (Lipinski definition) is 0. The second-order valence-electron chi connectivity index (χ2n) is 8.07. The molecule has 4 heterocycles. The minimum atomic E-state index is -0.439. The van der Waals surface area contributed by atoms with Gasteiger partial charge in [0.2, 0.25) is 0 Å². The number of nitrogens with zero attached hydrogens (tertiary/aromatic N) is 4. The number of hydrogen-bond acceptors (Lipinski definition) is 4. The maximum Gasteiger partial charge on any atom is 0.253 e. The summed E-state index contributed by atoms with van der Waals surface area (Å²) in [5.41, 5.74) is 3.62. The molecule has 1 fully saturated rings. The van der Waals surface area contributed by atoms with Crippen molar-refractivity contribution < 1.29 is 9.53 Å². The van der Waals surface area contributed by atoms with Crippen molar-refractivity contribution in [1.82, 2.24) is 19.7 Å². The van der Waals surface area contributed by atoms with Crippen LogP contribution >= 0.6 is 0 Å². The minimum Gasteiger partial charge on any atom is -0.482 e. The van der Waals surface area contributed by atoms with E-state index in [4.69, 9.17) is 9.84 Å². The zero-order valence-electron chi connectivity index (χ0n) is 16.7. The smallest absolute Gasteiger partial charge is 0.253 e. The molecule has 1 aromatic carbocycles. The van der Waals surface area contributed by atoms with E-state index in [2.05, 4.69) is 29.6 Å². The van der Waals surface area contributed by atoms with Crippen molar-refractivity contribution in [3.05, 3.63) is 66.1 Å². The van der Waals surface area contributed by atoms with Crippen LogP contribution in [0.25, 0.3) is 11.3 Å². The summed E-state index contributed by atoms with van der Waals surface area (Å²) in [6.07, 6.45) is 6.77. The number of carbonyl (C=O) groups is 1. The number of rotatable bonds is 2. The van der Waals surface area contributed by atoms with E-state index in [1.165, 1.54) is 0 Å². The third-order valence-electron chi connectivity index (χ3n) is 6.01. The molecule has 1 amide bonds. The summed E-state index contributed by atoms with van der Waals surface area (Å²) in [4.78, 5) is 18.8. The molecule has 2 aliphatic rings. The Bertz CT molecular complexity index is 1050. The predicted octanol–water partition coefficient (Wildman–Crippen LogP) is 4.05. The van der Waals surface area contributed by atoms with Crippen LogP contribution in [0.4, 0.5) is 0 Å². The van der Waals surface area contributed by atoms with Crippen molar-refractivity contribution in [2.24, 2.45) is 0 Å². The summed E-state index contributed by atoms with van der Waals surface area (Å²) in [5.74, 6) is 0.952. The molecule has 0 N–H and O–H groups in total. The molecule has 0 unspecified atom stereocenters. The van der Waals surface area contributed by atoms with Crippen LogP contribution in [0, 0.1) is 0 Å². The fourth-order valence-electron chi connectivity index (χ4n) is 4.49. The zero-order valence-corrected chi connectivity index (χ0v) is 16.7. The highest BCUT2D eigenvalue weighted by atomic mass is 16.5. The van der Waals surface area contributed by atoms with Crippen LogP contribution in [0.5, 0.6) is 5.75 Å². The molecule has 5 rings (SSSR count). The lowest BCUT2D eigenvalue weighted by atomic mass is 9.81. The lowest BCUT2D eigenvalue weighted by Gasteiger charge is -2.44. The quantitative estimate of drug-likeness (QED) is 0.665. The van der Waals surface area contributed by atoms with Gasteiger partial charge in [-0.1, -0.05) is 12.1 Å². The Balaban J connectivity index is 1.48. The number of amides is 1. The summed E-state index contributed by atoms with van der Waals surface area (Å²) in [5, 5.41) is 4.70. The van der Waals surface area contributed by atoms with Crippen LogP contribution < -0.4 is 4.74 Å². The number of carbonyl (C=O) groups excluding carboxylic acids is 1. The molecule has 3 aromatic rings. The Morgan fingerprint density at radius 2 is 1.83 bits per heavy atom. The summed E-state index contributed by atoms with van der Waals surface area (Å²) >= 11 is 0. The van der Waals surface area contributed by atoms with E-state index >= 15 is 0 Å². The van der Waals surface area contributed by atoms with Gasteiger partial charge in [-0.15, -0.1) is 0 Å². The van der Waals surface area contributed by atoms with Gasteiger partial charge in [-0.25, -0.2) is 0 Å². The van der Waals surface area contributed by atoms with E-state index in [1.807, 2.05) is 29.3 Å². The van der Waals surface area contributed by atoms with Crippen LogP contribution in [0.3, 0.4) is 0 Å². The molecule has 0 bridgehead atoms. The van der Waals surface area contributed by atoms with Gasteiger partial charge in [0.05, 0.1) is 11.9 Å². The SMILES string of the molecule is CC(C)n1ncc2c1-c1ccccc1OC21CCN(C(=O)c2ccncc2)CC1. The molecule has 0 saturated carbocycles. The normalized spacial score (nSPS) is 17.0. The van der Waals surface area contributed by atoms with E-state index in [0.717, 1.165) is 35.4 Å². The highest BCUT2D eigenvalue weighted by Gasteiger charge is 2.46. The second-order valence-corrected chi connectivity index (χ2v) is 8.07. The molecule has 6 nitrogen and oxygen atoms in total. The Morgan fingerprint density at radius 1 is 1.10 bits per heavy atom. The molecule has 0 radical (unpaired) electrons. The van der Waals surface area contributed by atoms with Crippen LogP contribution in [0.2, 0.25) is 0 Å². The molecule has 2 aromatic heterocycles. The molecule has 0 atom stereocenters. The van der Waals surface area contributed by atoms with Gasteiger partial charge >= 0.3 is 0 Å². The third-order valence-corrected chi connectivity index (χ3v) is 6.01. The van der Waals surface area contributed by atoms with E-state index in [9.17, 15) is 4.79 Å². The zero-order chi connectivity index (χ0) is 20.0. The van der Waals surface area contributed by atoms with Crippen LogP contribution in [0.1, 0.15) is 48.7 Å². The number of aromatic nitrogens is 3. The highest BCUT2D eigenvalue weighted by molar-refractivity contribution is 5.94. The van der Waals surface area contributed by atoms with Gasteiger partial charge < -0.3 is 9.64 Å². The number of para-hydroxylation sites is 1. The van der Waals surface area contributed by atoms with Crippen molar-refractivity contribution in [2.75, 3.05) is 13.1 Å². The third kappa shape index (κ3) is 2.82. The fourth-order valence-corrected chi connectivity index (χ4v) is 4.49. The summed E-state index contributed by atoms with van der Waals surface area (Å²) in [6.45, 7) is 5.59. The van der Waals surface area contributed by atoms with Gasteiger partial charge in [-0.05, 0) is 38.1 Å². The fraction of sp³-hybridized carbons (Fsp3) is 0.348. The largest absolute Gasteiger partial charge is 0.482 e. The van der Waals surface area contributed by atoms with Crippen LogP contribution in [-0.4, -0.2) is 38.7 Å². The highest BCUT2D eigenvalue weighted by Crippen LogP contribution is 2.50. The maximum atomic E-state index is 12.8. The van der Waals surface area contributed by atoms with E-state index in [0.29, 0.717) is 18.7 Å². The lowest BCUT2D eigenvalue weighted by molar-refractivity contribution is -0.00177. The number of piperidine rings is 1. The Hall–Kier alpha value is -3.15. The lowest BCUT2D eigenvalue weighted by Crippen LogP contribution is -2.49. The number of fused-ring (bicyclic) bond motifs is 4. The second kappa shape index (κ2) is 6.72. The average molecular weight is 388 g/mol. The predicted molar refractivity (Wildman–Crippen MR) is 110 cm³/mol. The first-order valence-electron chi connectivity index (χ1n) is 10.1. The van der Waals surface area contributed by atoms with Crippen LogP contribution in [-0.2, 0) is 5.60 Å². The van der Waals surface area contributed by atoms with Crippen molar-refractivity contribution in [3.63, 3.8) is 0 Å². The summed E-state index contributed by atoms with van der Waals surface area (Å²) in [7, 11) is 0. The van der Waals surface area contributed by atoms with E-state index in [-0.39, 0.29) is 11.9 Å². The Morgan fingerprint density at radius 3 is 2.55 bits per heavy atom. The molecule has 0 aliphatic carbocycles. The molecule has 1 spiro atoms. The molecular weight excluding hydrogens is 364 g/mol. The minimum absolute atomic E-state index is 0.0524. The topological polar surface area (TPSA) is 60.2 Å². The van der Waals surface area contributed by atoms with Gasteiger partial charge in [0, 0.05) is 61.1 Å². The van der Waals surface area contributed by atoms with E-state index in [1.54, 1.807) is 24.5 Å². The van der Waals surface area contributed by atoms with Crippen molar-refractivity contribution in [2.45, 2.75) is 38.3 Å². The number of pyridine rings is 1. The number of likely N-dealkylation sites (tertiary alicyclic amines) is 1. The summed E-state index contributed by atoms with van der Waals surface area (Å²) < 4.78 is 8.70. The monoisotopic (exact) mass is 388 g/mol. The standard InChI is InChI=1S/C23H24N4O2/c1-16(2)27-21-18-5-3-4-6-20(18)29-23(19(21)15-25-27)9-13-26(14-10-23)22(28)17-7-11-24-12-8-17/h3-8,11-12,15-16H,9-10,13-14H2,1-2H3. The van der Waals surface area contributed by atoms with E-state index < -0.39 is 5.60 Å². The van der Waals surface area contributed by atoms with Gasteiger partial charge in [0.1, 0.15) is 11.4 Å². The Kier molecular flexibility index (Phi) is 4.15. The van der Waals surface area contributed by atoms with Gasteiger partial charge in [-0.3, -0.25) is 14.5 Å². The molecule has 2 aliphatic heterocycles. The molecule has 148 valence electrons. The van der Waals surface area contributed by atoms with Gasteiger partial charge in [-0.2, -0.15) is 5.10 Å². The number of ether oxygens (including phenoxy) is 1. The first-order chi connectivity index (χ1) is 14.1. The molecule has 6 heteroatoms. The molecule has 29 heavy (non-hydrogen) atoms. The van der Waals surface area contributed by atoms with Gasteiger partial charge in [0.15, 0.2) is 0 Å². The Labute approximate surface area is 170 Å².